The summed E-state index contributed by atoms with van der Waals surface area (Å²) in [6.45, 7) is 0. The lowest BCUT2D eigenvalue weighted by Gasteiger charge is -2.12. The van der Waals surface area contributed by atoms with Crippen LogP contribution in [0.15, 0.2) is 85.2 Å². The van der Waals surface area contributed by atoms with Gasteiger partial charge in [-0.15, -0.1) is 0 Å². The molecule has 0 radical (unpaired) electrons. The van der Waals surface area contributed by atoms with E-state index in [4.69, 9.17) is 15.0 Å². The topological polar surface area (TPSA) is 51.6 Å². The molecule has 1 aliphatic rings. The summed E-state index contributed by atoms with van der Waals surface area (Å²) in [5, 5.41) is 3.33. The second kappa shape index (κ2) is 7.17. The first-order valence-corrected chi connectivity index (χ1v) is 11.4. The maximum absolute atomic E-state index is 5.22. The van der Waals surface area contributed by atoms with Gasteiger partial charge in [0, 0.05) is 34.1 Å². The summed E-state index contributed by atoms with van der Waals surface area (Å²) in [6, 6.07) is 25.3. The van der Waals surface area contributed by atoms with Gasteiger partial charge in [-0.1, -0.05) is 48.5 Å². The van der Waals surface area contributed by atoms with Gasteiger partial charge < -0.3 is 0 Å². The van der Waals surface area contributed by atoms with E-state index in [1.54, 1.807) is 0 Å². The van der Waals surface area contributed by atoms with Crippen LogP contribution < -0.4 is 0 Å². The summed E-state index contributed by atoms with van der Waals surface area (Å²) in [4.78, 5) is 19.6. The van der Waals surface area contributed by atoms with E-state index in [-0.39, 0.29) is 0 Å². The van der Waals surface area contributed by atoms with E-state index in [0.29, 0.717) is 0 Å². The average molecular weight is 425 g/mol. The van der Waals surface area contributed by atoms with Gasteiger partial charge >= 0.3 is 0 Å². The highest BCUT2D eigenvalue weighted by atomic mass is 14.8. The fourth-order valence-corrected chi connectivity index (χ4v) is 5.04. The minimum atomic E-state index is 0.911. The van der Waals surface area contributed by atoms with Crippen molar-refractivity contribution in [2.45, 2.75) is 19.3 Å². The number of aryl methyl sites for hydroxylation is 2. The van der Waals surface area contributed by atoms with Crippen molar-refractivity contribution in [3.63, 3.8) is 0 Å². The zero-order chi connectivity index (χ0) is 21.8. The van der Waals surface area contributed by atoms with E-state index in [9.17, 15) is 0 Å². The fraction of sp³-hybridized carbons (Fsp3) is 0.103. The molecule has 4 nitrogen and oxygen atoms in total. The van der Waals surface area contributed by atoms with E-state index in [1.165, 1.54) is 11.1 Å². The summed E-state index contributed by atoms with van der Waals surface area (Å²) in [5.41, 5.74) is 9.34. The molecule has 0 fully saturated rings. The van der Waals surface area contributed by atoms with Gasteiger partial charge in [-0.05, 0) is 54.7 Å². The predicted octanol–water partition coefficient (Wildman–Crippen LogP) is 6.55. The molecule has 0 N–H and O–H groups in total. The third-order valence-corrected chi connectivity index (χ3v) is 6.64. The van der Waals surface area contributed by atoms with Crippen LogP contribution in [0.2, 0.25) is 0 Å². The first kappa shape index (κ1) is 18.4. The van der Waals surface area contributed by atoms with Gasteiger partial charge in [0.1, 0.15) is 0 Å². The number of para-hydroxylation sites is 1. The lowest BCUT2D eigenvalue weighted by atomic mass is 10.0. The number of pyridine rings is 4. The number of hydrogen-bond acceptors (Lipinski definition) is 4. The fourth-order valence-electron chi connectivity index (χ4n) is 5.04. The van der Waals surface area contributed by atoms with Crippen LogP contribution in [0.25, 0.3) is 55.4 Å². The number of aromatic nitrogens is 4. The van der Waals surface area contributed by atoms with Crippen molar-refractivity contribution in [2.75, 3.05) is 0 Å². The Morgan fingerprint density at radius 3 is 2.30 bits per heavy atom. The Bertz CT molecular complexity index is 1700. The Morgan fingerprint density at radius 2 is 1.33 bits per heavy atom. The van der Waals surface area contributed by atoms with Gasteiger partial charge in [-0.25, -0.2) is 9.97 Å². The predicted molar refractivity (Wildman–Crippen MR) is 133 cm³/mol. The van der Waals surface area contributed by atoms with Crippen LogP contribution in [0, 0.1) is 0 Å². The van der Waals surface area contributed by atoms with Crippen molar-refractivity contribution in [3.05, 3.63) is 96.3 Å². The van der Waals surface area contributed by atoms with E-state index >= 15 is 0 Å². The van der Waals surface area contributed by atoms with Crippen LogP contribution in [0.1, 0.15) is 17.5 Å². The lowest BCUT2D eigenvalue weighted by Crippen LogP contribution is -1.97. The summed E-state index contributed by atoms with van der Waals surface area (Å²) < 4.78 is 0. The first-order valence-electron chi connectivity index (χ1n) is 11.4. The molecule has 6 aromatic rings. The van der Waals surface area contributed by atoms with Gasteiger partial charge in [0.25, 0.3) is 0 Å². The molecule has 4 aromatic heterocycles. The Balaban J connectivity index is 1.50. The van der Waals surface area contributed by atoms with Crippen LogP contribution in [0.5, 0.6) is 0 Å². The Hall–Kier alpha value is -4.18. The lowest BCUT2D eigenvalue weighted by molar-refractivity contribution is 0.833. The number of nitrogens with zero attached hydrogens (tertiary/aromatic N) is 4. The van der Waals surface area contributed by atoms with Crippen LogP contribution in [-0.4, -0.2) is 19.9 Å². The van der Waals surface area contributed by atoms with E-state index in [0.717, 1.165) is 74.6 Å². The molecule has 0 atom stereocenters. The molecule has 0 aliphatic heterocycles. The number of fused-ring (bicyclic) bond motifs is 7. The molecule has 33 heavy (non-hydrogen) atoms. The zero-order valence-corrected chi connectivity index (χ0v) is 18.0. The van der Waals surface area contributed by atoms with Crippen LogP contribution in [0.3, 0.4) is 0 Å². The average Bonchev–Trinajstić information content (AvgIpc) is 3.05. The van der Waals surface area contributed by atoms with Gasteiger partial charge in [-0.3, -0.25) is 9.97 Å². The quantitative estimate of drug-likeness (QED) is 0.281. The van der Waals surface area contributed by atoms with Crippen LogP contribution in [0.4, 0.5) is 0 Å². The van der Waals surface area contributed by atoms with E-state index in [2.05, 4.69) is 65.6 Å². The molecule has 0 spiro atoms. The first-order chi connectivity index (χ1) is 16.3. The van der Waals surface area contributed by atoms with Crippen LogP contribution in [-0.2, 0) is 12.8 Å². The maximum Gasteiger partial charge on any atom is 0.0972 e. The molecule has 0 saturated carbocycles. The summed E-state index contributed by atoms with van der Waals surface area (Å²) >= 11 is 0. The molecule has 0 unspecified atom stereocenters. The molecule has 2 aromatic carbocycles. The monoisotopic (exact) mass is 424 g/mol. The molecular formula is C29H20N4. The highest BCUT2D eigenvalue weighted by Crippen LogP contribution is 2.35. The molecule has 4 heteroatoms. The largest absolute Gasteiger partial charge is 0.254 e. The Kier molecular flexibility index (Phi) is 4.00. The van der Waals surface area contributed by atoms with Crippen molar-refractivity contribution < 1.29 is 0 Å². The molecular weight excluding hydrogens is 404 g/mol. The zero-order valence-electron chi connectivity index (χ0n) is 18.0. The molecule has 4 heterocycles. The smallest absolute Gasteiger partial charge is 0.0972 e. The van der Waals surface area contributed by atoms with Crippen molar-refractivity contribution >= 4 is 32.7 Å². The minimum Gasteiger partial charge on any atom is -0.254 e. The standard InChI is InChI=1S/C29H20N4/c1-5-18-8-3-15-30-26(18)29-22(6-1)17-21-7-2-10-23(25(21)33-29)24-14-13-20-12-11-19-9-4-16-31-27(19)28(20)32-24/h2-4,7-17H,1,5-6H2. The third kappa shape index (κ3) is 2.91. The van der Waals surface area contributed by atoms with E-state index < -0.39 is 0 Å². The normalized spacial score (nSPS) is 13.1. The highest BCUT2D eigenvalue weighted by Gasteiger charge is 2.19. The van der Waals surface area contributed by atoms with Gasteiger partial charge in [0.15, 0.2) is 0 Å². The molecule has 0 amide bonds. The van der Waals surface area contributed by atoms with E-state index in [1.807, 2.05) is 24.5 Å². The van der Waals surface area contributed by atoms with Crippen molar-refractivity contribution in [2.24, 2.45) is 0 Å². The number of rotatable bonds is 1. The second-order valence-electron chi connectivity index (χ2n) is 8.65. The van der Waals surface area contributed by atoms with Crippen LogP contribution >= 0.6 is 0 Å². The summed E-state index contributed by atoms with van der Waals surface area (Å²) in [5.74, 6) is 0. The van der Waals surface area contributed by atoms with Gasteiger partial charge in [-0.2, -0.15) is 0 Å². The van der Waals surface area contributed by atoms with Crippen molar-refractivity contribution in [3.8, 4) is 22.6 Å². The third-order valence-electron chi connectivity index (χ3n) is 6.64. The summed E-state index contributed by atoms with van der Waals surface area (Å²) in [6.07, 6.45) is 6.87. The molecule has 7 rings (SSSR count). The molecule has 1 aliphatic carbocycles. The van der Waals surface area contributed by atoms with Crippen molar-refractivity contribution in [1.82, 2.24) is 19.9 Å². The maximum atomic E-state index is 5.22. The SMILES string of the molecule is c1cnc2c(c1)CCCc1cc3cccc(-c4ccc5ccc6cccnc6c5n4)c3nc1-2. The Morgan fingerprint density at radius 1 is 0.545 bits per heavy atom. The Labute approximate surface area is 191 Å². The van der Waals surface area contributed by atoms with Gasteiger partial charge in [0.2, 0.25) is 0 Å². The number of benzene rings is 2. The minimum absolute atomic E-state index is 0.911. The van der Waals surface area contributed by atoms with Crippen molar-refractivity contribution in [1.29, 1.82) is 0 Å². The highest BCUT2D eigenvalue weighted by molar-refractivity contribution is 6.04. The summed E-state index contributed by atoms with van der Waals surface area (Å²) in [7, 11) is 0. The second-order valence-corrected chi connectivity index (χ2v) is 8.65. The molecule has 0 bridgehead atoms. The number of hydrogen-bond donors (Lipinski definition) is 0. The molecule has 156 valence electrons. The van der Waals surface area contributed by atoms with Gasteiger partial charge in [0.05, 0.1) is 33.6 Å². The molecule has 0 saturated heterocycles.